The van der Waals surface area contributed by atoms with Gasteiger partial charge in [-0.05, 0) is 36.1 Å². The van der Waals surface area contributed by atoms with Crippen LogP contribution in [-0.4, -0.2) is 12.5 Å². The molecule has 1 atom stereocenters. The number of carbonyl (C=O) groups excluding carboxylic acids is 1. The topological polar surface area (TPSA) is 38.3 Å². The maximum Gasteiger partial charge on any atom is 0.262 e. The molecular formula is C18H20FNO2. The monoisotopic (exact) mass is 301 g/mol. The van der Waals surface area contributed by atoms with Crippen LogP contribution in [0.3, 0.4) is 0 Å². The first-order valence-electron chi connectivity index (χ1n) is 7.38. The van der Waals surface area contributed by atoms with Gasteiger partial charge in [0.1, 0.15) is 11.6 Å². The van der Waals surface area contributed by atoms with Gasteiger partial charge in [-0.15, -0.1) is 0 Å². The van der Waals surface area contributed by atoms with E-state index in [1.807, 2.05) is 24.3 Å². The maximum absolute atomic E-state index is 13.5. The summed E-state index contributed by atoms with van der Waals surface area (Å²) in [6.07, 6.45) is 0.988. The van der Waals surface area contributed by atoms with Gasteiger partial charge in [-0.2, -0.15) is 0 Å². The van der Waals surface area contributed by atoms with Crippen molar-refractivity contribution in [3.8, 4) is 5.75 Å². The van der Waals surface area contributed by atoms with E-state index in [0.29, 0.717) is 11.7 Å². The highest BCUT2D eigenvalue weighted by molar-refractivity contribution is 5.91. The van der Waals surface area contributed by atoms with E-state index < -0.39 is 5.82 Å². The van der Waals surface area contributed by atoms with Gasteiger partial charge >= 0.3 is 0 Å². The standard InChI is InChI=1S/C18H20FNO2/c1-3-13(2)14-8-4-7-11-17(14)22-12-18(21)20-16-10-6-5-9-15(16)19/h4-11,13H,3,12H2,1-2H3,(H,20,21)/t13-/m0/s1. The first-order chi connectivity index (χ1) is 10.6. The van der Waals surface area contributed by atoms with Crippen LogP contribution in [0.4, 0.5) is 10.1 Å². The Kier molecular flexibility index (Phi) is 5.53. The minimum Gasteiger partial charge on any atom is -0.483 e. The maximum atomic E-state index is 13.5. The number of hydrogen-bond acceptors (Lipinski definition) is 2. The van der Waals surface area contributed by atoms with Crippen molar-refractivity contribution in [1.29, 1.82) is 0 Å². The highest BCUT2D eigenvalue weighted by Gasteiger charge is 2.12. The SMILES string of the molecule is CC[C@H](C)c1ccccc1OCC(=O)Nc1ccccc1F. The second-order valence-corrected chi connectivity index (χ2v) is 5.16. The molecule has 0 unspecified atom stereocenters. The molecular weight excluding hydrogens is 281 g/mol. The summed E-state index contributed by atoms with van der Waals surface area (Å²) in [6.45, 7) is 4.07. The number of amides is 1. The lowest BCUT2D eigenvalue weighted by Gasteiger charge is -2.15. The van der Waals surface area contributed by atoms with Crippen LogP contribution in [0, 0.1) is 5.82 Å². The molecule has 0 saturated heterocycles. The van der Waals surface area contributed by atoms with Crippen LogP contribution < -0.4 is 10.1 Å². The molecule has 0 aromatic heterocycles. The Morgan fingerprint density at radius 2 is 1.86 bits per heavy atom. The molecule has 2 aromatic rings. The number of nitrogens with one attached hydrogen (secondary N) is 1. The van der Waals surface area contributed by atoms with Crippen LogP contribution in [0.1, 0.15) is 31.7 Å². The zero-order valence-electron chi connectivity index (χ0n) is 12.8. The van der Waals surface area contributed by atoms with Gasteiger partial charge in [-0.25, -0.2) is 4.39 Å². The van der Waals surface area contributed by atoms with Crippen molar-refractivity contribution in [3.63, 3.8) is 0 Å². The predicted molar refractivity (Wildman–Crippen MR) is 85.7 cm³/mol. The molecule has 3 nitrogen and oxygen atoms in total. The van der Waals surface area contributed by atoms with Gasteiger partial charge in [0.25, 0.3) is 5.91 Å². The molecule has 1 amide bonds. The molecule has 0 aliphatic rings. The summed E-state index contributed by atoms with van der Waals surface area (Å²) in [5.74, 6) is 0.200. The smallest absolute Gasteiger partial charge is 0.262 e. The lowest BCUT2D eigenvalue weighted by atomic mass is 9.98. The minimum absolute atomic E-state index is 0.151. The summed E-state index contributed by atoms with van der Waals surface area (Å²) in [4.78, 5) is 11.9. The Morgan fingerprint density at radius 1 is 1.18 bits per heavy atom. The molecule has 2 aromatic carbocycles. The lowest BCUT2D eigenvalue weighted by Crippen LogP contribution is -2.21. The zero-order valence-corrected chi connectivity index (χ0v) is 12.8. The Labute approximate surface area is 130 Å². The van der Waals surface area contributed by atoms with Crippen LogP contribution in [-0.2, 0) is 4.79 Å². The number of halogens is 1. The molecule has 0 fully saturated rings. The molecule has 0 radical (unpaired) electrons. The van der Waals surface area contributed by atoms with E-state index in [2.05, 4.69) is 19.2 Å². The molecule has 0 aliphatic heterocycles. The van der Waals surface area contributed by atoms with E-state index in [4.69, 9.17) is 4.74 Å². The summed E-state index contributed by atoms with van der Waals surface area (Å²) < 4.78 is 19.1. The summed E-state index contributed by atoms with van der Waals surface area (Å²) in [7, 11) is 0. The van der Waals surface area contributed by atoms with Crippen molar-refractivity contribution in [2.75, 3.05) is 11.9 Å². The second kappa shape index (κ2) is 7.59. The normalized spacial score (nSPS) is 11.8. The molecule has 0 heterocycles. The van der Waals surface area contributed by atoms with Crippen LogP contribution >= 0.6 is 0 Å². The molecule has 22 heavy (non-hydrogen) atoms. The van der Waals surface area contributed by atoms with Crippen molar-refractivity contribution in [2.45, 2.75) is 26.2 Å². The third kappa shape index (κ3) is 4.07. The highest BCUT2D eigenvalue weighted by atomic mass is 19.1. The van der Waals surface area contributed by atoms with E-state index in [1.54, 1.807) is 12.1 Å². The summed E-state index contributed by atoms with van der Waals surface area (Å²) in [6, 6.07) is 13.7. The fourth-order valence-corrected chi connectivity index (χ4v) is 2.13. The number of benzene rings is 2. The Hall–Kier alpha value is -2.36. The van der Waals surface area contributed by atoms with Gasteiger partial charge in [-0.3, -0.25) is 4.79 Å². The van der Waals surface area contributed by atoms with Crippen LogP contribution in [0.2, 0.25) is 0 Å². The lowest BCUT2D eigenvalue weighted by molar-refractivity contribution is -0.118. The van der Waals surface area contributed by atoms with Crippen LogP contribution in [0.5, 0.6) is 5.75 Å². The number of carbonyl (C=O) groups is 1. The van der Waals surface area contributed by atoms with Gasteiger partial charge in [0.2, 0.25) is 0 Å². The fourth-order valence-electron chi connectivity index (χ4n) is 2.13. The first kappa shape index (κ1) is 16.0. The number of anilines is 1. The number of rotatable bonds is 6. The average Bonchev–Trinajstić information content (AvgIpc) is 2.54. The Morgan fingerprint density at radius 3 is 2.59 bits per heavy atom. The average molecular weight is 301 g/mol. The molecule has 2 rings (SSSR count). The molecule has 0 aliphatic carbocycles. The van der Waals surface area contributed by atoms with E-state index in [-0.39, 0.29) is 18.2 Å². The van der Waals surface area contributed by atoms with E-state index in [1.165, 1.54) is 12.1 Å². The van der Waals surface area contributed by atoms with E-state index in [0.717, 1.165) is 12.0 Å². The zero-order chi connectivity index (χ0) is 15.9. The number of hydrogen-bond donors (Lipinski definition) is 1. The molecule has 116 valence electrons. The third-order valence-electron chi connectivity index (χ3n) is 3.57. The largest absolute Gasteiger partial charge is 0.483 e. The van der Waals surface area contributed by atoms with Gasteiger partial charge in [-0.1, -0.05) is 44.2 Å². The van der Waals surface area contributed by atoms with Crippen molar-refractivity contribution in [3.05, 3.63) is 59.9 Å². The quantitative estimate of drug-likeness (QED) is 0.861. The van der Waals surface area contributed by atoms with Gasteiger partial charge < -0.3 is 10.1 Å². The van der Waals surface area contributed by atoms with Gasteiger partial charge in [0.05, 0.1) is 5.69 Å². The van der Waals surface area contributed by atoms with Crippen molar-refractivity contribution < 1.29 is 13.9 Å². The first-order valence-corrected chi connectivity index (χ1v) is 7.38. The van der Waals surface area contributed by atoms with Crippen molar-refractivity contribution >= 4 is 11.6 Å². The Balaban J connectivity index is 1.99. The highest BCUT2D eigenvalue weighted by Crippen LogP contribution is 2.28. The minimum atomic E-state index is -0.462. The summed E-state index contributed by atoms with van der Waals surface area (Å²) in [5.41, 5.74) is 1.23. The van der Waals surface area contributed by atoms with Gasteiger partial charge in [0.15, 0.2) is 6.61 Å². The predicted octanol–water partition coefficient (Wildman–Crippen LogP) is 4.36. The third-order valence-corrected chi connectivity index (χ3v) is 3.57. The van der Waals surface area contributed by atoms with Gasteiger partial charge in [0, 0.05) is 0 Å². The fraction of sp³-hybridized carbons (Fsp3) is 0.278. The second-order valence-electron chi connectivity index (χ2n) is 5.16. The number of ether oxygens (including phenoxy) is 1. The summed E-state index contributed by atoms with van der Waals surface area (Å²) in [5, 5.41) is 2.50. The molecule has 0 saturated carbocycles. The Bertz CT molecular complexity index is 642. The number of para-hydroxylation sites is 2. The van der Waals surface area contributed by atoms with Crippen molar-refractivity contribution in [1.82, 2.24) is 0 Å². The summed E-state index contributed by atoms with van der Waals surface area (Å²) >= 11 is 0. The molecule has 1 N–H and O–H groups in total. The molecule has 0 bridgehead atoms. The van der Waals surface area contributed by atoms with Crippen molar-refractivity contribution in [2.24, 2.45) is 0 Å². The molecule has 0 spiro atoms. The van der Waals surface area contributed by atoms with Crippen LogP contribution in [0.15, 0.2) is 48.5 Å². The molecule has 4 heteroatoms. The van der Waals surface area contributed by atoms with E-state index >= 15 is 0 Å². The van der Waals surface area contributed by atoms with E-state index in [9.17, 15) is 9.18 Å². The van der Waals surface area contributed by atoms with Crippen LogP contribution in [0.25, 0.3) is 0 Å².